The summed E-state index contributed by atoms with van der Waals surface area (Å²) in [4.78, 5) is 27.8. The Morgan fingerprint density at radius 1 is 1.03 bits per heavy atom. The number of carbonyl (C=O) groups is 2. The van der Waals surface area contributed by atoms with Gasteiger partial charge >= 0.3 is 6.09 Å². The average molecular weight is 440 g/mol. The first-order valence-corrected chi connectivity index (χ1v) is 10.7. The maximum atomic E-state index is 11.9. The zero-order valence-corrected chi connectivity index (χ0v) is 19.2. The van der Waals surface area contributed by atoms with Crippen molar-refractivity contribution < 1.29 is 14.3 Å². The van der Waals surface area contributed by atoms with E-state index in [0.717, 1.165) is 24.1 Å². The highest BCUT2D eigenvalue weighted by Gasteiger charge is 2.16. The lowest BCUT2D eigenvalue weighted by Gasteiger charge is -2.19. The molecule has 0 spiro atoms. The van der Waals surface area contributed by atoms with E-state index in [1.54, 1.807) is 18.2 Å². The molecule has 2 aromatic carbocycles. The second-order valence-corrected chi connectivity index (χ2v) is 8.26. The van der Waals surface area contributed by atoms with Gasteiger partial charge in [0.05, 0.1) is 6.54 Å². The van der Waals surface area contributed by atoms with E-state index in [0.29, 0.717) is 30.3 Å². The molecule has 0 aliphatic carbocycles. The van der Waals surface area contributed by atoms with Crippen LogP contribution in [0.4, 0.5) is 10.5 Å². The Hall–Kier alpha value is -3.55. The number of hydrogen-bond acceptors (Lipinski definition) is 4. The van der Waals surface area contributed by atoms with Crippen LogP contribution in [0.25, 0.3) is 0 Å². The van der Waals surface area contributed by atoms with Gasteiger partial charge in [-0.2, -0.15) is 0 Å². The van der Waals surface area contributed by atoms with Crippen LogP contribution in [-0.2, 0) is 17.7 Å². The highest BCUT2D eigenvalue weighted by molar-refractivity contribution is 5.92. The lowest BCUT2D eigenvalue weighted by Crippen LogP contribution is -2.38. The van der Waals surface area contributed by atoms with Crippen molar-refractivity contribution in [3.05, 3.63) is 65.2 Å². The van der Waals surface area contributed by atoms with Gasteiger partial charge in [-0.15, -0.1) is 0 Å². The molecule has 0 fully saturated rings. The lowest BCUT2D eigenvalue weighted by molar-refractivity contribution is 0.0635. The van der Waals surface area contributed by atoms with Gasteiger partial charge in [0.1, 0.15) is 5.60 Å². The Morgan fingerprint density at radius 2 is 1.75 bits per heavy atom. The molecule has 8 heteroatoms. The van der Waals surface area contributed by atoms with Crippen LogP contribution in [0.1, 0.15) is 49.2 Å². The van der Waals surface area contributed by atoms with Crippen LogP contribution >= 0.6 is 0 Å². The second kappa shape index (κ2) is 11.7. The van der Waals surface area contributed by atoms with Gasteiger partial charge in [-0.05, 0) is 69.5 Å². The van der Waals surface area contributed by atoms with Gasteiger partial charge in [-0.3, -0.25) is 10.1 Å². The molecular formula is C24H33N5O3. The van der Waals surface area contributed by atoms with E-state index in [4.69, 9.17) is 10.5 Å². The molecule has 172 valence electrons. The SMILES string of the molecule is CCNC(=NCc1cccc(C(N)=O)c1)NCCc1ccc(NC(=O)OC(C)(C)C)cc1. The first kappa shape index (κ1) is 24.7. The number of benzene rings is 2. The minimum atomic E-state index is -0.536. The topological polar surface area (TPSA) is 118 Å². The van der Waals surface area contributed by atoms with E-state index in [-0.39, 0.29) is 0 Å². The van der Waals surface area contributed by atoms with Crippen LogP contribution in [0, 0.1) is 0 Å². The maximum absolute atomic E-state index is 11.9. The third kappa shape index (κ3) is 9.07. The summed E-state index contributed by atoms with van der Waals surface area (Å²) in [6.07, 6.45) is 0.314. The Morgan fingerprint density at radius 3 is 2.38 bits per heavy atom. The number of nitrogens with zero attached hydrogens (tertiary/aromatic N) is 1. The fourth-order valence-corrected chi connectivity index (χ4v) is 2.84. The maximum Gasteiger partial charge on any atom is 0.412 e. The molecule has 0 radical (unpaired) electrons. The highest BCUT2D eigenvalue weighted by Crippen LogP contribution is 2.13. The number of aliphatic imine (C=N–C) groups is 1. The Bertz CT molecular complexity index is 933. The molecule has 32 heavy (non-hydrogen) atoms. The minimum absolute atomic E-state index is 0.432. The molecular weight excluding hydrogens is 406 g/mol. The van der Waals surface area contributed by atoms with Crippen molar-refractivity contribution in [2.45, 2.75) is 46.3 Å². The molecule has 2 amide bonds. The third-order valence-corrected chi connectivity index (χ3v) is 4.28. The number of nitrogens with one attached hydrogen (secondary N) is 3. The molecule has 0 saturated carbocycles. The van der Waals surface area contributed by atoms with Gasteiger partial charge in [0.25, 0.3) is 0 Å². The predicted octanol–water partition coefficient (Wildman–Crippen LogP) is 3.43. The van der Waals surface area contributed by atoms with Crippen molar-refractivity contribution in [1.29, 1.82) is 0 Å². The number of guanidine groups is 1. The monoisotopic (exact) mass is 439 g/mol. The van der Waals surface area contributed by atoms with E-state index in [9.17, 15) is 9.59 Å². The normalized spacial score (nSPS) is 11.6. The van der Waals surface area contributed by atoms with Crippen LogP contribution < -0.4 is 21.7 Å². The van der Waals surface area contributed by atoms with Crippen molar-refractivity contribution in [3.63, 3.8) is 0 Å². The molecule has 0 atom stereocenters. The summed E-state index contributed by atoms with van der Waals surface area (Å²) >= 11 is 0. The number of anilines is 1. The summed E-state index contributed by atoms with van der Waals surface area (Å²) < 4.78 is 5.26. The van der Waals surface area contributed by atoms with Crippen LogP contribution in [0.15, 0.2) is 53.5 Å². The smallest absolute Gasteiger partial charge is 0.412 e. The van der Waals surface area contributed by atoms with Crippen molar-refractivity contribution >= 4 is 23.6 Å². The minimum Gasteiger partial charge on any atom is -0.444 e. The van der Waals surface area contributed by atoms with Gasteiger partial charge in [0, 0.05) is 24.3 Å². The van der Waals surface area contributed by atoms with Gasteiger partial charge in [-0.1, -0.05) is 24.3 Å². The largest absolute Gasteiger partial charge is 0.444 e. The zero-order chi connectivity index (χ0) is 23.6. The highest BCUT2D eigenvalue weighted by atomic mass is 16.6. The number of carbonyl (C=O) groups excluding carboxylic acids is 2. The van der Waals surface area contributed by atoms with E-state index in [1.807, 2.05) is 58.0 Å². The molecule has 0 aromatic heterocycles. The molecule has 0 bridgehead atoms. The van der Waals surface area contributed by atoms with Gasteiger partial charge in [0.2, 0.25) is 5.91 Å². The predicted molar refractivity (Wildman–Crippen MR) is 128 cm³/mol. The van der Waals surface area contributed by atoms with Crippen LogP contribution in [0.5, 0.6) is 0 Å². The van der Waals surface area contributed by atoms with E-state index in [1.165, 1.54) is 0 Å². The molecule has 0 saturated heterocycles. The van der Waals surface area contributed by atoms with Crippen molar-refractivity contribution in [3.8, 4) is 0 Å². The summed E-state index contributed by atoms with van der Waals surface area (Å²) in [5.74, 6) is 0.244. The number of amides is 2. The summed E-state index contributed by atoms with van der Waals surface area (Å²) in [6.45, 7) is 9.33. The first-order valence-electron chi connectivity index (χ1n) is 10.7. The molecule has 0 heterocycles. The average Bonchev–Trinajstić information content (AvgIpc) is 2.72. The molecule has 8 nitrogen and oxygen atoms in total. The molecule has 2 rings (SSSR count). The zero-order valence-electron chi connectivity index (χ0n) is 19.2. The third-order valence-electron chi connectivity index (χ3n) is 4.28. The Labute approximate surface area is 189 Å². The Kier molecular flexibility index (Phi) is 9.07. The first-order chi connectivity index (χ1) is 15.2. The molecule has 2 aromatic rings. The summed E-state index contributed by atoms with van der Waals surface area (Å²) in [5, 5.41) is 9.24. The second-order valence-electron chi connectivity index (χ2n) is 8.26. The van der Waals surface area contributed by atoms with Crippen molar-refractivity contribution in [2.75, 3.05) is 18.4 Å². The molecule has 0 aliphatic heterocycles. The summed E-state index contributed by atoms with van der Waals surface area (Å²) in [7, 11) is 0. The van der Waals surface area contributed by atoms with Crippen LogP contribution in [0.2, 0.25) is 0 Å². The summed E-state index contributed by atoms with van der Waals surface area (Å²) in [6, 6.07) is 14.8. The van der Waals surface area contributed by atoms with Gasteiger partial charge in [0.15, 0.2) is 5.96 Å². The molecule has 0 unspecified atom stereocenters. The van der Waals surface area contributed by atoms with E-state index in [2.05, 4.69) is 20.9 Å². The van der Waals surface area contributed by atoms with E-state index < -0.39 is 17.6 Å². The standard InChI is InChI=1S/C24H33N5O3/c1-5-26-22(28-16-18-7-6-8-19(15-18)21(25)30)27-14-13-17-9-11-20(12-10-17)29-23(31)32-24(2,3)4/h6-12,15H,5,13-14,16H2,1-4H3,(H2,25,30)(H,29,31)(H2,26,27,28). The number of rotatable bonds is 8. The Balaban J connectivity index is 1.86. The summed E-state index contributed by atoms with van der Waals surface area (Å²) in [5.41, 5.74) is 7.99. The van der Waals surface area contributed by atoms with Gasteiger partial charge in [-0.25, -0.2) is 9.79 Å². The quantitative estimate of drug-likeness (QED) is 0.371. The number of nitrogens with two attached hydrogens (primary N) is 1. The molecule has 5 N–H and O–H groups in total. The van der Waals surface area contributed by atoms with Gasteiger partial charge < -0.3 is 21.1 Å². The lowest BCUT2D eigenvalue weighted by atomic mass is 10.1. The number of primary amides is 1. The van der Waals surface area contributed by atoms with Crippen molar-refractivity contribution in [2.24, 2.45) is 10.7 Å². The van der Waals surface area contributed by atoms with E-state index >= 15 is 0 Å². The van der Waals surface area contributed by atoms with Crippen molar-refractivity contribution in [1.82, 2.24) is 10.6 Å². The van der Waals surface area contributed by atoms with Crippen LogP contribution in [0.3, 0.4) is 0 Å². The fraction of sp³-hybridized carbons (Fsp3) is 0.375. The van der Waals surface area contributed by atoms with Crippen LogP contribution in [-0.4, -0.2) is 36.7 Å². The fourth-order valence-electron chi connectivity index (χ4n) is 2.84. The number of ether oxygens (including phenoxy) is 1. The molecule has 0 aliphatic rings. The number of hydrogen-bond donors (Lipinski definition) is 4.